The molecule has 82 valence electrons. The number of carbonyl (C=O) groups is 1. The molecule has 0 aromatic heterocycles. The van der Waals surface area contributed by atoms with Crippen molar-refractivity contribution in [3.63, 3.8) is 0 Å². The van der Waals surface area contributed by atoms with Crippen LogP contribution in [0.1, 0.15) is 13.3 Å². The molecule has 0 aromatic carbocycles. The standard InChI is InChI=1S/C10H21N3O/c1-9(7-11-2)8-13-5-3-10(14)12-4-6-13/h9,11H,3-8H2,1-2H3,(H,12,14). The van der Waals surface area contributed by atoms with E-state index in [0.29, 0.717) is 12.3 Å². The van der Waals surface area contributed by atoms with Gasteiger partial charge in [0, 0.05) is 32.6 Å². The van der Waals surface area contributed by atoms with Crippen molar-refractivity contribution in [2.24, 2.45) is 5.92 Å². The molecule has 1 heterocycles. The van der Waals surface area contributed by atoms with Crippen LogP contribution in [-0.2, 0) is 4.79 Å². The minimum absolute atomic E-state index is 0.189. The van der Waals surface area contributed by atoms with E-state index in [4.69, 9.17) is 0 Å². The van der Waals surface area contributed by atoms with E-state index in [0.717, 1.165) is 32.7 Å². The Bertz CT molecular complexity index is 184. The maximum absolute atomic E-state index is 11.1. The molecule has 1 amide bonds. The second-order valence-corrected chi connectivity index (χ2v) is 4.06. The van der Waals surface area contributed by atoms with Crippen LogP contribution < -0.4 is 10.6 Å². The van der Waals surface area contributed by atoms with Crippen LogP contribution >= 0.6 is 0 Å². The summed E-state index contributed by atoms with van der Waals surface area (Å²) < 4.78 is 0. The van der Waals surface area contributed by atoms with E-state index in [9.17, 15) is 4.79 Å². The van der Waals surface area contributed by atoms with Gasteiger partial charge < -0.3 is 15.5 Å². The van der Waals surface area contributed by atoms with E-state index in [1.54, 1.807) is 0 Å². The monoisotopic (exact) mass is 199 g/mol. The first-order valence-corrected chi connectivity index (χ1v) is 5.36. The Morgan fingerprint density at radius 2 is 2.36 bits per heavy atom. The van der Waals surface area contributed by atoms with E-state index in [-0.39, 0.29) is 5.91 Å². The first kappa shape index (κ1) is 11.5. The third-order valence-corrected chi connectivity index (χ3v) is 2.53. The molecule has 0 saturated carbocycles. The highest BCUT2D eigenvalue weighted by Crippen LogP contribution is 2.01. The highest BCUT2D eigenvalue weighted by atomic mass is 16.1. The smallest absolute Gasteiger partial charge is 0.221 e. The quantitative estimate of drug-likeness (QED) is 0.651. The average molecular weight is 199 g/mol. The molecule has 1 fully saturated rings. The van der Waals surface area contributed by atoms with Crippen molar-refractivity contribution in [1.29, 1.82) is 0 Å². The summed E-state index contributed by atoms with van der Waals surface area (Å²) in [5.74, 6) is 0.835. The van der Waals surface area contributed by atoms with Gasteiger partial charge in [-0.1, -0.05) is 6.92 Å². The Morgan fingerprint density at radius 1 is 1.57 bits per heavy atom. The summed E-state index contributed by atoms with van der Waals surface area (Å²) >= 11 is 0. The number of rotatable bonds is 4. The molecule has 0 aliphatic carbocycles. The van der Waals surface area contributed by atoms with Gasteiger partial charge in [-0.2, -0.15) is 0 Å². The Morgan fingerprint density at radius 3 is 3.07 bits per heavy atom. The molecular formula is C10H21N3O. The number of hydrogen-bond acceptors (Lipinski definition) is 3. The number of hydrogen-bond donors (Lipinski definition) is 2. The molecule has 1 aliphatic heterocycles. The van der Waals surface area contributed by atoms with E-state index in [2.05, 4.69) is 22.5 Å². The number of nitrogens with zero attached hydrogens (tertiary/aromatic N) is 1. The van der Waals surface area contributed by atoms with Crippen LogP contribution in [0.5, 0.6) is 0 Å². The maximum Gasteiger partial charge on any atom is 0.221 e. The van der Waals surface area contributed by atoms with Crippen molar-refractivity contribution >= 4 is 5.91 Å². The fraction of sp³-hybridized carbons (Fsp3) is 0.900. The van der Waals surface area contributed by atoms with E-state index < -0.39 is 0 Å². The number of nitrogens with one attached hydrogen (secondary N) is 2. The Kier molecular flexibility index (Phi) is 4.90. The van der Waals surface area contributed by atoms with E-state index in [1.165, 1.54) is 0 Å². The molecule has 2 N–H and O–H groups in total. The third kappa shape index (κ3) is 4.07. The zero-order valence-corrected chi connectivity index (χ0v) is 9.18. The molecule has 4 heteroatoms. The molecule has 0 bridgehead atoms. The average Bonchev–Trinajstić information content (AvgIpc) is 2.32. The Hall–Kier alpha value is -0.610. The Balaban J connectivity index is 2.26. The van der Waals surface area contributed by atoms with E-state index in [1.807, 2.05) is 7.05 Å². The van der Waals surface area contributed by atoms with Gasteiger partial charge in [0.25, 0.3) is 0 Å². The van der Waals surface area contributed by atoms with Gasteiger partial charge in [-0.15, -0.1) is 0 Å². The summed E-state index contributed by atoms with van der Waals surface area (Å²) in [5.41, 5.74) is 0. The molecular weight excluding hydrogens is 178 g/mol. The van der Waals surface area contributed by atoms with Crippen molar-refractivity contribution < 1.29 is 4.79 Å². The van der Waals surface area contributed by atoms with Gasteiger partial charge in [0.15, 0.2) is 0 Å². The lowest BCUT2D eigenvalue weighted by Crippen LogP contribution is -2.34. The molecule has 1 rings (SSSR count). The molecule has 14 heavy (non-hydrogen) atoms. The van der Waals surface area contributed by atoms with Crippen LogP contribution in [0, 0.1) is 5.92 Å². The van der Waals surface area contributed by atoms with Gasteiger partial charge in [-0.3, -0.25) is 4.79 Å². The van der Waals surface area contributed by atoms with Crippen LogP contribution in [0.3, 0.4) is 0 Å². The second kappa shape index (κ2) is 5.98. The third-order valence-electron chi connectivity index (χ3n) is 2.53. The van der Waals surface area contributed by atoms with Crippen molar-refractivity contribution in [2.45, 2.75) is 13.3 Å². The van der Waals surface area contributed by atoms with Crippen LogP contribution in [0.25, 0.3) is 0 Å². The van der Waals surface area contributed by atoms with Crippen molar-refractivity contribution in [1.82, 2.24) is 15.5 Å². The van der Waals surface area contributed by atoms with Gasteiger partial charge >= 0.3 is 0 Å². The van der Waals surface area contributed by atoms with Crippen molar-refractivity contribution in [2.75, 3.05) is 39.8 Å². The number of carbonyl (C=O) groups excluding carboxylic acids is 1. The lowest BCUT2D eigenvalue weighted by molar-refractivity contribution is -0.120. The lowest BCUT2D eigenvalue weighted by Gasteiger charge is -2.22. The van der Waals surface area contributed by atoms with Gasteiger partial charge in [0.2, 0.25) is 5.91 Å². The van der Waals surface area contributed by atoms with Crippen molar-refractivity contribution in [3.8, 4) is 0 Å². The fourth-order valence-electron chi connectivity index (χ4n) is 1.85. The topological polar surface area (TPSA) is 44.4 Å². The van der Waals surface area contributed by atoms with Crippen molar-refractivity contribution in [3.05, 3.63) is 0 Å². The van der Waals surface area contributed by atoms with Crippen LogP contribution in [-0.4, -0.2) is 50.6 Å². The minimum atomic E-state index is 0.189. The summed E-state index contributed by atoms with van der Waals surface area (Å²) in [4.78, 5) is 13.5. The molecule has 0 radical (unpaired) electrons. The zero-order valence-electron chi connectivity index (χ0n) is 9.18. The largest absolute Gasteiger partial charge is 0.355 e. The maximum atomic E-state index is 11.1. The highest BCUT2D eigenvalue weighted by Gasteiger charge is 2.14. The SMILES string of the molecule is CNCC(C)CN1CCNC(=O)CC1. The molecule has 1 atom stereocenters. The number of amides is 1. The molecule has 1 unspecified atom stereocenters. The summed E-state index contributed by atoms with van der Waals surface area (Å²) in [6.45, 7) is 7.04. The molecule has 0 aromatic rings. The summed E-state index contributed by atoms with van der Waals surface area (Å²) in [6, 6.07) is 0. The van der Waals surface area contributed by atoms with Gasteiger partial charge in [-0.05, 0) is 19.5 Å². The predicted octanol–water partition coefficient (Wildman–Crippen LogP) is -0.336. The lowest BCUT2D eigenvalue weighted by atomic mass is 10.1. The Labute approximate surface area is 86.0 Å². The van der Waals surface area contributed by atoms with Crippen LogP contribution in [0.2, 0.25) is 0 Å². The molecule has 0 spiro atoms. The molecule has 1 saturated heterocycles. The van der Waals surface area contributed by atoms with E-state index >= 15 is 0 Å². The highest BCUT2D eigenvalue weighted by molar-refractivity contribution is 5.76. The second-order valence-electron chi connectivity index (χ2n) is 4.06. The fourth-order valence-corrected chi connectivity index (χ4v) is 1.85. The summed E-state index contributed by atoms with van der Waals surface area (Å²) in [5, 5.41) is 6.06. The minimum Gasteiger partial charge on any atom is -0.355 e. The van der Waals surface area contributed by atoms with Crippen LogP contribution in [0.4, 0.5) is 0 Å². The van der Waals surface area contributed by atoms with Crippen LogP contribution in [0.15, 0.2) is 0 Å². The summed E-state index contributed by atoms with van der Waals surface area (Å²) in [6.07, 6.45) is 0.645. The van der Waals surface area contributed by atoms with Gasteiger partial charge in [0.1, 0.15) is 0 Å². The normalized spacial score (nSPS) is 21.4. The predicted molar refractivity (Wildman–Crippen MR) is 57.2 cm³/mol. The zero-order chi connectivity index (χ0) is 10.4. The van der Waals surface area contributed by atoms with Gasteiger partial charge in [0.05, 0.1) is 0 Å². The summed E-state index contributed by atoms with van der Waals surface area (Å²) in [7, 11) is 1.98. The molecule has 4 nitrogen and oxygen atoms in total. The molecule has 1 aliphatic rings. The first-order chi connectivity index (χ1) is 6.72. The first-order valence-electron chi connectivity index (χ1n) is 5.36. The van der Waals surface area contributed by atoms with Gasteiger partial charge in [-0.25, -0.2) is 0 Å².